The first-order valence-corrected chi connectivity index (χ1v) is 8.29. The van der Waals surface area contributed by atoms with Crippen LogP contribution in [-0.2, 0) is 4.79 Å². The van der Waals surface area contributed by atoms with E-state index in [2.05, 4.69) is 10.6 Å². The topological polar surface area (TPSA) is 78.4 Å². The number of benzene rings is 1. The lowest BCUT2D eigenvalue weighted by Gasteiger charge is -2.26. The van der Waals surface area contributed by atoms with Crippen molar-refractivity contribution in [3.63, 3.8) is 0 Å². The summed E-state index contributed by atoms with van der Waals surface area (Å²) in [5.41, 5.74) is 0.183. The van der Waals surface area contributed by atoms with Crippen LogP contribution in [0.15, 0.2) is 24.3 Å². The van der Waals surface area contributed by atoms with E-state index in [-0.39, 0.29) is 17.2 Å². The van der Waals surface area contributed by atoms with Crippen molar-refractivity contribution in [1.82, 2.24) is 5.32 Å². The summed E-state index contributed by atoms with van der Waals surface area (Å²) < 4.78 is 0. The SMILES string of the molecule is CC(O)CC(C)(C)CNC(=O)c1ccccc1NC(=O)C(C)(C)C. The maximum absolute atomic E-state index is 12.5. The molecule has 1 rings (SSSR count). The van der Waals surface area contributed by atoms with Gasteiger partial charge < -0.3 is 15.7 Å². The van der Waals surface area contributed by atoms with Gasteiger partial charge in [-0.1, -0.05) is 46.8 Å². The van der Waals surface area contributed by atoms with Crippen LogP contribution in [0.1, 0.15) is 58.3 Å². The molecule has 0 aliphatic carbocycles. The summed E-state index contributed by atoms with van der Waals surface area (Å²) in [6.45, 7) is 11.6. The number of anilines is 1. The van der Waals surface area contributed by atoms with Crippen LogP contribution < -0.4 is 10.6 Å². The van der Waals surface area contributed by atoms with Crippen molar-refractivity contribution in [3.8, 4) is 0 Å². The van der Waals surface area contributed by atoms with Crippen molar-refractivity contribution in [2.75, 3.05) is 11.9 Å². The second-order valence-electron chi connectivity index (χ2n) is 8.15. The second-order valence-corrected chi connectivity index (χ2v) is 8.15. The Morgan fingerprint density at radius 2 is 1.71 bits per heavy atom. The van der Waals surface area contributed by atoms with E-state index in [1.165, 1.54) is 0 Å². The summed E-state index contributed by atoms with van der Waals surface area (Å²) in [6.07, 6.45) is 0.172. The van der Waals surface area contributed by atoms with Gasteiger partial charge in [-0.05, 0) is 30.9 Å². The van der Waals surface area contributed by atoms with Crippen LogP contribution >= 0.6 is 0 Å². The largest absolute Gasteiger partial charge is 0.393 e. The first-order chi connectivity index (χ1) is 10.9. The van der Waals surface area contributed by atoms with E-state index in [0.29, 0.717) is 24.2 Å². The fraction of sp³-hybridized carbons (Fsp3) is 0.579. The molecule has 0 radical (unpaired) electrons. The zero-order chi connectivity index (χ0) is 18.5. The molecular formula is C19H30N2O3. The summed E-state index contributed by atoms with van der Waals surface area (Å²) in [5, 5.41) is 15.2. The highest BCUT2D eigenvalue weighted by Gasteiger charge is 2.24. The number of carbonyl (C=O) groups is 2. The van der Waals surface area contributed by atoms with E-state index in [9.17, 15) is 14.7 Å². The summed E-state index contributed by atoms with van der Waals surface area (Å²) in [7, 11) is 0. The van der Waals surface area contributed by atoms with Gasteiger partial charge in [0.05, 0.1) is 17.4 Å². The monoisotopic (exact) mass is 334 g/mol. The van der Waals surface area contributed by atoms with E-state index in [4.69, 9.17) is 0 Å². The predicted molar refractivity (Wildman–Crippen MR) is 96.9 cm³/mol. The molecule has 1 aromatic carbocycles. The molecule has 0 aliphatic rings. The number of para-hydroxylation sites is 1. The Hall–Kier alpha value is -1.88. The molecule has 0 saturated heterocycles. The molecule has 0 fully saturated rings. The number of hydrogen-bond donors (Lipinski definition) is 3. The molecule has 0 aromatic heterocycles. The lowest BCUT2D eigenvalue weighted by atomic mass is 9.87. The quantitative estimate of drug-likeness (QED) is 0.747. The van der Waals surface area contributed by atoms with Gasteiger partial charge >= 0.3 is 0 Å². The summed E-state index contributed by atoms with van der Waals surface area (Å²) in [5.74, 6) is -0.379. The molecule has 0 bridgehead atoms. The Labute approximate surface area is 144 Å². The third-order valence-corrected chi connectivity index (χ3v) is 3.68. The van der Waals surface area contributed by atoms with Crippen molar-refractivity contribution < 1.29 is 14.7 Å². The zero-order valence-corrected chi connectivity index (χ0v) is 15.6. The molecular weight excluding hydrogens is 304 g/mol. The number of amides is 2. The molecule has 1 atom stereocenters. The predicted octanol–water partition coefficient (Wildman–Crippen LogP) is 3.20. The molecule has 0 heterocycles. The maximum atomic E-state index is 12.5. The number of hydrogen-bond acceptors (Lipinski definition) is 3. The Bertz CT molecular complexity index is 587. The van der Waals surface area contributed by atoms with Crippen LogP contribution in [0, 0.1) is 10.8 Å². The van der Waals surface area contributed by atoms with Crippen molar-refractivity contribution in [2.45, 2.75) is 54.1 Å². The normalized spacial score (nSPS) is 13.3. The summed E-state index contributed by atoms with van der Waals surface area (Å²) in [4.78, 5) is 24.7. The number of aliphatic hydroxyl groups excluding tert-OH is 1. The van der Waals surface area contributed by atoms with Crippen LogP contribution in [0.5, 0.6) is 0 Å². The highest BCUT2D eigenvalue weighted by molar-refractivity contribution is 6.04. The third-order valence-electron chi connectivity index (χ3n) is 3.68. The van der Waals surface area contributed by atoms with E-state index < -0.39 is 11.5 Å². The second kappa shape index (κ2) is 7.79. The van der Waals surface area contributed by atoms with Crippen LogP contribution in [-0.4, -0.2) is 29.6 Å². The van der Waals surface area contributed by atoms with Crippen molar-refractivity contribution in [1.29, 1.82) is 0 Å². The molecule has 2 amide bonds. The van der Waals surface area contributed by atoms with Crippen LogP contribution in [0.25, 0.3) is 0 Å². The number of carbonyl (C=O) groups excluding carboxylic acids is 2. The average Bonchev–Trinajstić information content (AvgIpc) is 2.43. The van der Waals surface area contributed by atoms with Gasteiger partial charge in [-0.3, -0.25) is 9.59 Å². The fourth-order valence-corrected chi connectivity index (χ4v) is 2.39. The highest BCUT2D eigenvalue weighted by atomic mass is 16.3. The van der Waals surface area contributed by atoms with Gasteiger partial charge in [-0.15, -0.1) is 0 Å². The third kappa shape index (κ3) is 6.32. The van der Waals surface area contributed by atoms with Crippen molar-refractivity contribution >= 4 is 17.5 Å². The van der Waals surface area contributed by atoms with Gasteiger partial charge in [-0.2, -0.15) is 0 Å². The smallest absolute Gasteiger partial charge is 0.253 e. The van der Waals surface area contributed by atoms with Gasteiger partial charge in [-0.25, -0.2) is 0 Å². The standard InChI is InChI=1S/C19H30N2O3/c1-13(22)11-19(5,6)12-20-16(23)14-9-7-8-10-15(14)21-17(24)18(2,3)4/h7-10,13,22H,11-12H2,1-6H3,(H,20,23)(H,21,24). The molecule has 1 aromatic rings. The molecule has 5 heteroatoms. The molecule has 1 unspecified atom stereocenters. The number of nitrogens with one attached hydrogen (secondary N) is 2. The zero-order valence-electron chi connectivity index (χ0n) is 15.6. The minimum absolute atomic E-state index is 0.141. The van der Waals surface area contributed by atoms with E-state index in [0.717, 1.165) is 0 Å². The molecule has 0 spiro atoms. The van der Waals surface area contributed by atoms with Gasteiger partial charge in [0, 0.05) is 12.0 Å². The van der Waals surface area contributed by atoms with E-state index >= 15 is 0 Å². The molecule has 3 N–H and O–H groups in total. The fourth-order valence-electron chi connectivity index (χ4n) is 2.39. The van der Waals surface area contributed by atoms with Crippen LogP contribution in [0.2, 0.25) is 0 Å². The Balaban J connectivity index is 2.83. The minimum atomic E-state index is -0.539. The van der Waals surface area contributed by atoms with E-state index in [1.54, 1.807) is 31.2 Å². The minimum Gasteiger partial charge on any atom is -0.393 e. The van der Waals surface area contributed by atoms with Crippen LogP contribution in [0.3, 0.4) is 0 Å². The molecule has 0 aliphatic heterocycles. The number of rotatable bonds is 6. The van der Waals surface area contributed by atoms with Gasteiger partial charge in [0.2, 0.25) is 5.91 Å². The average molecular weight is 334 g/mol. The first-order valence-electron chi connectivity index (χ1n) is 8.29. The lowest BCUT2D eigenvalue weighted by molar-refractivity contribution is -0.123. The summed E-state index contributed by atoms with van der Waals surface area (Å²) in [6, 6.07) is 6.96. The Kier molecular flexibility index (Phi) is 6.55. The highest BCUT2D eigenvalue weighted by Crippen LogP contribution is 2.23. The Morgan fingerprint density at radius 1 is 1.12 bits per heavy atom. The molecule has 134 valence electrons. The number of aliphatic hydroxyl groups is 1. The Morgan fingerprint density at radius 3 is 2.25 bits per heavy atom. The van der Waals surface area contributed by atoms with Gasteiger partial charge in [0.25, 0.3) is 5.91 Å². The van der Waals surface area contributed by atoms with E-state index in [1.807, 2.05) is 34.6 Å². The molecule has 0 saturated carbocycles. The van der Waals surface area contributed by atoms with Crippen molar-refractivity contribution in [2.24, 2.45) is 10.8 Å². The summed E-state index contributed by atoms with van der Waals surface area (Å²) >= 11 is 0. The van der Waals surface area contributed by atoms with Gasteiger partial charge in [0.1, 0.15) is 0 Å². The lowest BCUT2D eigenvalue weighted by Crippen LogP contribution is -2.36. The maximum Gasteiger partial charge on any atom is 0.253 e. The first kappa shape index (κ1) is 20.2. The van der Waals surface area contributed by atoms with Crippen LogP contribution in [0.4, 0.5) is 5.69 Å². The molecule has 24 heavy (non-hydrogen) atoms. The molecule has 5 nitrogen and oxygen atoms in total. The van der Waals surface area contributed by atoms with Crippen molar-refractivity contribution in [3.05, 3.63) is 29.8 Å². The van der Waals surface area contributed by atoms with Gasteiger partial charge in [0.15, 0.2) is 0 Å².